The van der Waals surface area contributed by atoms with Crippen LogP contribution in [-0.2, 0) is 4.74 Å². The Labute approximate surface area is 102 Å². The highest BCUT2D eigenvalue weighted by Gasteiger charge is 2.12. The quantitative estimate of drug-likeness (QED) is 0.481. The van der Waals surface area contributed by atoms with Gasteiger partial charge in [-0.25, -0.2) is 4.79 Å². The molecule has 0 aliphatic rings. The van der Waals surface area contributed by atoms with Crippen LogP contribution in [0.3, 0.4) is 0 Å². The Balaban J connectivity index is 2.58. The number of esters is 1. The van der Waals surface area contributed by atoms with Crippen LogP contribution in [0.2, 0.25) is 0 Å². The average Bonchev–Trinajstić information content (AvgIpc) is 2.32. The summed E-state index contributed by atoms with van der Waals surface area (Å²) in [6, 6.07) is 5.00. The summed E-state index contributed by atoms with van der Waals surface area (Å²) in [5.41, 5.74) is 0.861. The van der Waals surface area contributed by atoms with Crippen molar-refractivity contribution < 1.29 is 14.6 Å². The summed E-state index contributed by atoms with van der Waals surface area (Å²) < 4.78 is 4.93. The summed E-state index contributed by atoms with van der Waals surface area (Å²) in [7, 11) is 0. The minimum atomic E-state index is -0.529. The molecule has 0 fully saturated rings. The van der Waals surface area contributed by atoms with Crippen LogP contribution in [0.25, 0.3) is 0 Å². The topological polar surface area (TPSA) is 46.5 Å². The highest BCUT2D eigenvalue weighted by Crippen LogP contribution is 2.22. The molecule has 1 rings (SSSR count). The Bertz CT molecular complexity index is 408. The number of unbranched alkanes of at least 4 members (excludes halogenated alkanes) is 2. The maximum Gasteiger partial charge on any atom is 0.346 e. The molecule has 1 N–H and O–H groups in total. The molecule has 0 saturated heterocycles. The number of hydrogen-bond donors (Lipinski definition) is 1. The molecule has 0 spiro atoms. The predicted octanol–water partition coefficient (Wildman–Crippen LogP) is 3.56. The fraction of sp³-hybridized carbons (Fsp3) is 0.357. The SMILES string of the molecule is CCCC/C=C\OC(=O)c1cccc(C)c1O. The summed E-state index contributed by atoms with van der Waals surface area (Å²) in [5, 5.41) is 9.68. The van der Waals surface area contributed by atoms with E-state index in [0.29, 0.717) is 5.56 Å². The van der Waals surface area contributed by atoms with Gasteiger partial charge in [-0.3, -0.25) is 0 Å². The molecule has 0 radical (unpaired) electrons. The summed E-state index contributed by atoms with van der Waals surface area (Å²) >= 11 is 0. The molecule has 0 aliphatic heterocycles. The van der Waals surface area contributed by atoms with Gasteiger partial charge in [0.05, 0.1) is 6.26 Å². The third-order valence-corrected chi connectivity index (χ3v) is 2.45. The maximum atomic E-state index is 11.6. The first-order valence-electron chi connectivity index (χ1n) is 5.81. The van der Waals surface area contributed by atoms with E-state index in [1.807, 2.05) is 6.08 Å². The molecule has 17 heavy (non-hydrogen) atoms. The highest BCUT2D eigenvalue weighted by atomic mass is 16.5. The van der Waals surface area contributed by atoms with Crippen molar-refractivity contribution in [1.82, 2.24) is 0 Å². The molecule has 1 aromatic carbocycles. The molecule has 0 aliphatic carbocycles. The van der Waals surface area contributed by atoms with E-state index in [9.17, 15) is 9.90 Å². The molecule has 0 saturated carbocycles. The van der Waals surface area contributed by atoms with Crippen LogP contribution >= 0.6 is 0 Å². The lowest BCUT2D eigenvalue weighted by molar-refractivity contribution is 0.0659. The molecule has 0 bridgehead atoms. The van der Waals surface area contributed by atoms with Crippen LogP contribution in [0.15, 0.2) is 30.5 Å². The molecule has 3 heteroatoms. The van der Waals surface area contributed by atoms with Crippen molar-refractivity contribution in [1.29, 1.82) is 0 Å². The number of aryl methyl sites for hydroxylation is 1. The third-order valence-electron chi connectivity index (χ3n) is 2.45. The highest BCUT2D eigenvalue weighted by molar-refractivity contribution is 5.93. The minimum absolute atomic E-state index is 0.0144. The Kier molecular flexibility index (Phi) is 5.27. The van der Waals surface area contributed by atoms with E-state index in [1.54, 1.807) is 25.1 Å². The number of carbonyl (C=O) groups is 1. The average molecular weight is 234 g/mol. The number of ether oxygens (including phenoxy) is 1. The van der Waals surface area contributed by atoms with E-state index in [0.717, 1.165) is 19.3 Å². The fourth-order valence-corrected chi connectivity index (χ4v) is 1.39. The summed E-state index contributed by atoms with van der Waals surface area (Å²) in [5.74, 6) is -0.543. The second-order valence-electron chi connectivity index (χ2n) is 3.89. The lowest BCUT2D eigenvalue weighted by atomic mass is 10.1. The molecule has 0 atom stereocenters. The zero-order valence-corrected chi connectivity index (χ0v) is 10.3. The van der Waals surface area contributed by atoms with Gasteiger partial charge in [0.2, 0.25) is 0 Å². The Hall–Kier alpha value is -1.77. The molecule has 0 unspecified atom stereocenters. The van der Waals surface area contributed by atoms with Crippen molar-refractivity contribution in [3.63, 3.8) is 0 Å². The number of rotatable bonds is 5. The van der Waals surface area contributed by atoms with Crippen LogP contribution in [0.4, 0.5) is 0 Å². The largest absolute Gasteiger partial charge is 0.507 e. The van der Waals surface area contributed by atoms with E-state index in [4.69, 9.17) is 4.74 Å². The van der Waals surface area contributed by atoms with Crippen LogP contribution in [0.1, 0.15) is 42.1 Å². The van der Waals surface area contributed by atoms with E-state index < -0.39 is 5.97 Å². The molecule has 0 heterocycles. The molecular weight excluding hydrogens is 216 g/mol. The van der Waals surface area contributed by atoms with Gasteiger partial charge in [-0.2, -0.15) is 0 Å². The number of aromatic hydroxyl groups is 1. The molecule has 0 amide bonds. The van der Waals surface area contributed by atoms with Gasteiger partial charge in [0.15, 0.2) is 0 Å². The van der Waals surface area contributed by atoms with Gasteiger partial charge >= 0.3 is 5.97 Å². The van der Waals surface area contributed by atoms with Gasteiger partial charge < -0.3 is 9.84 Å². The molecular formula is C14H18O3. The first-order chi connectivity index (χ1) is 8.16. The fourth-order valence-electron chi connectivity index (χ4n) is 1.39. The van der Waals surface area contributed by atoms with E-state index in [2.05, 4.69) is 6.92 Å². The number of allylic oxidation sites excluding steroid dienone is 1. The second kappa shape index (κ2) is 6.74. The third kappa shape index (κ3) is 3.94. The lowest BCUT2D eigenvalue weighted by Gasteiger charge is -2.04. The number of phenolic OH excluding ortho intramolecular Hbond substituents is 1. The summed E-state index contributed by atoms with van der Waals surface area (Å²) in [6.07, 6.45) is 6.28. The number of para-hydroxylation sites is 1. The standard InChI is InChI=1S/C14H18O3/c1-3-4-5-6-10-17-14(16)12-9-7-8-11(2)13(12)15/h6-10,15H,3-5H2,1-2H3/b10-6-. The molecule has 92 valence electrons. The van der Waals surface area contributed by atoms with Gasteiger partial charge in [0, 0.05) is 0 Å². The van der Waals surface area contributed by atoms with Crippen LogP contribution in [0, 0.1) is 6.92 Å². The van der Waals surface area contributed by atoms with Gasteiger partial charge in [-0.15, -0.1) is 0 Å². The molecule has 3 nitrogen and oxygen atoms in total. The summed E-state index contributed by atoms with van der Waals surface area (Å²) in [6.45, 7) is 3.84. The van der Waals surface area contributed by atoms with Crippen molar-refractivity contribution in [3.05, 3.63) is 41.7 Å². The van der Waals surface area contributed by atoms with Crippen LogP contribution in [0.5, 0.6) is 5.75 Å². The summed E-state index contributed by atoms with van der Waals surface area (Å²) in [4.78, 5) is 11.6. The van der Waals surface area contributed by atoms with E-state index >= 15 is 0 Å². The Morgan fingerprint density at radius 2 is 2.24 bits per heavy atom. The predicted molar refractivity (Wildman–Crippen MR) is 66.9 cm³/mol. The lowest BCUT2D eigenvalue weighted by Crippen LogP contribution is -2.01. The maximum absolute atomic E-state index is 11.6. The molecule has 1 aromatic rings. The van der Waals surface area contributed by atoms with Crippen molar-refractivity contribution >= 4 is 5.97 Å². The van der Waals surface area contributed by atoms with E-state index in [-0.39, 0.29) is 11.3 Å². The van der Waals surface area contributed by atoms with Gasteiger partial charge in [0.1, 0.15) is 11.3 Å². The zero-order valence-electron chi connectivity index (χ0n) is 10.3. The van der Waals surface area contributed by atoms with Gasteiger partial charge in [0.25, 0.3) is 0 Å². The minimum Gasteiger partial charge on any atom is -0.507 e. The zero-order chi connectivity index (χ0) is 12.7. The van der Waals surface area contributed by atoms with E-state index in [1.165, 1.54) is 6.26 Å². The van der Waals surface area contributed by atoms with Crippen LogP contribution < -0.4 is 0 Å². The van der Waals surface area contributed by atoms with Crippen LogP contribution in [-0.4, -0.2) is 11.1 Å². The number of carbonyl (C=O) groups excluding carboxylic acids is 1. The number of hydrogen-bond acceptors (Lipinski definition) is 3. The first kappa shape index (κ1) is 13.3. The Morgan fingerprint density at radius 1 is 1.47 bits per heavy atom. The Morgan fingerprint density at radius 3 is 2.94 bits per heavy atom. The normalized spacial score (nSPS) is 10.7. The molecule has 0 aromatic heterocycles. The first-order valence-corrected chi connectivity index (χ1v) is 5.81. The number of phenols is 1. The van der Waals surface area contributed by atoms with Gasteiger partial charge in [-0.05, 0) is 37.5 Å². The van der Waals surface area contributed by atoms with Crippen molar-refractivity contribution in [3.8, 4) is 5.75 Å². The van der Waals surface area contributed by atoms with Crippen molar-refractivity contribution in [2.45, 2.75) is 33.1 Å². The van der Waals surface area contributed by atoms with Gasteiger partial charge in [-0.1, -0.05) is 25.5 Å². The van der Waals surface area contributed by atoms with Crippen molar-refractivity contribution in [2.75, 3.05) is 0 Å². The second-order valence-corrected chi connectivity index (χ2v) is 3.89. The number of benzene rings is 1. The monoisotopic (exact) mass is 234 g/mol. The smallest absolute Gasteiger partial charge is 0.346 e. The van der Waals surface area contributed by atoms with Crippen molar-refractivity contribution in [2.24, 2.45) is 0 Å².